The lowest BCUT2D eigenvalue weighted by atomic mass is 9.87. The van der Waals surface area contributed by atoms with Gasteiger partial charge in [-0.3, -0.25) is 4.79 Å². The monoisotopic (exact) mass is 333 g/mol. The van der Waals surface area contributed by atoms with E-state index in [1.165, 1.54) is 30.3 Å². The molecule has 2 nitrogen and oxygen atoms in total. The molecule has 0 heterocycles. The molecule has 1 saturated carbocycles. The van der Waals surface area contributed by atoms with Gasteiger partial charge in [-0.2, -0.15) is 0 Å². The van der Waals surface area contributed by atoms with Gasteiger partial charge in [0.05, 0.1) is 5.56 Å². The summed E-state index contributed by atoms with van der Waals surface area (Å²) in [4.78, 5) is 12.2. The van der Waals surface area contributed by atoms with Crippen molar-refractivity contribution >= 4 is 5.91 Å². The zero-order valence-electron chi connectivity index (χ0n) is 13.5. The van der Waals surface area contributed by atoms with Gasteiger partial charge in [0.1, 0.15) is 17.5 Å². The van der Waals surface area contributed by atoms with Gasteiger partial charge < -0.3 is 5.32 Å². The number of amides is 1. The highest BCUT2D eigenvalue weighted by Crippen LogP contribution is 2.64. The fourth-order valence-corrected chi connectivity index (χ4v) is 3.42. The van der Waals surface area contributed by atoms with E-state index in [0.29, 0.717) is 12.0 Å². The van der Waals surface area contributed by atoms with Crippen LogP contribution in [-0.2, 0) is 5.41 Å². The summed E-state index contributed by atoms with van der Waals surface area (Å²) in [6, 6.07) is 9.19. The summed E-state index contributed by atoms with van der Waals surface area (Å²) in [6.45, 7) is 4.09. The van der Waals surface area contributed by atoms with Crippen molar-refractivity contribution < 1.29 is 18.0 Å². The fraction of sp³-hybridized carbons (Fsp3) is 0.316. The number of carbonyl (C=O) groups excluding carboxylic acids is 1. The molecule has 1 aliphatic rings. The Balaban J connectivity index is 1.84. The van der Waals surface area contributed by atoms with Crippen LogP contribution in [0.5, 0.6) is 0 Å². The van der Waals surface area contributed by atoms with Gasteiger partial charge in [-0.1, -0.05) is 32.0 Å². The van der Waals surface area contributed by atoms with Gasteiger partial charge in [0, 0.05) is 18.0 Å². The van der Waals surface area contributed by atoms with Gasteiger partial charge in [0.25, 0.3) is 5.91 Å². The van der Waals surface area contributed by atoms with Crippen LogP contribution in [0.15, 0.2) is 42.5 Å². The summed E-state index contributed by atoms with van der Waals surface area (Å²) >= 11 is 0. The minimum absolute atomic E-state index is 0.0503. The Morgan fingerprint density at radius 1 is 1.08 bits per heavy atom. The lowest BCUT2D eigenvalue weighted by Gasteiger charge is -2.22. The first-order valence-electron chi connectivity index (χ1n) is 7.75. The molecular weight excluding hydrogens is 315 g/mol. The number of halogens is 3. The Hall–Kier alpha value is -2.30. The third kappa shape index (κ3) is 2.68. The Labute approximate surface area is 138 Å². The maximum Gasteiger partial charge on any atom is 0.254 e. The van der Waals surface area contributed by atoms with E-state index in [0.717, 1.165) is 6.07 Å². The molecule has 1 unspecified atom stereocenters. The number of carbonyl (C=O) groups is 1. The highest BCUT2D eigenvalue weighted by molar-refractivity contribution is 5.94. The molecule has 2 aromatic rings. The van der Waals surface area contributed by atoms with Crippen molar-refractivity contribution in [3.63, 3.8) is 0 Å². The quantitative estimate of drug-likeness (QED) is 0.892. The molecule has 0 saturated heterocycles. The zero-order chi connectivity index (χ0) is 17.5. The average molecular weight is 333 g/mol. The smallest absolute Gasteiger partial charge is 0.254 e. The van der Waals surface area contributed by atoms with Crippen molar-refractivity contribution in [3.8, 4) is 0 Å². The van der Waals surface area contributed by atoms with Gasteiger partial charge in [-0.25, -0.2) is 13.2 Å². The number of hydrogen-bond acceptors (Lipinski definition) is 1. The van der Waals surface area contributed by atoms with Crippen molar-refractivity contribution in [2.24, 2.45) is 5.41 Å². The summed E-state index contributed by atoms with van der Waals surface area (Å²) in [6.07, 6.45) is 0.653. The van der Waals surface area contributed by atoms with Gasteiger partial charge in [-0.15, -0.1) is 0 Å². The molecule has 5 heteroatoms. The van der Waals surface area contributed by atoms with Crippen LogP contribution in [0.25, 0.3) is 0 Å². The number of benzene rings is 2. The molecule has 126 valence electrons. The maximum absolute atomic E-state index is 14.2. The van der Waals surface area contributed by atoms with E-state index in [1.54, 1.807) is 6.07 Å². The Morgan fingerprint density at radius 3 is 2.33 bits per heavy atom. The summed E-state index contributed by atoms with van der Waals surface area (Å²) in [5.41, 5.74) is -0.534. The summed E-state index contributed by atoms with van der Waals surface area (Å²) in [5, 5.41) is 2.70. The minimum Gasteiger partial charge on any atom is -0.351 e. The van der Waals surface area contributed by atoms with E-state index in [1.807, 2.05) is 13.8 Å². The molecule has 2 aromatic carbocycles. The average Bonchev–Trinajstić information content (AvgIpc) is 3.07. The Bertz CT molecular complexity index is 803. The van der Waals surface area contributed by atoms with E-state index in [2.05, 4.69) is 5.32 Å². The Morgan fingerprint density at radius 2 is 1.75 bits per heavy atom. The van der Waals surface area contributed by atoms with Crippen LogP contribution in [0.4, 0.5) is 13.2 Å². The number of nitrogens with one attached hydrogen (secondary N) is 1. The predicted octanol–water partition coefficient (Wildman–Crippen LogP) is 4.20. The second kappa shape index (κ2) is 5.65. The lowest BCUT2D eigenvalue weighted by Crippen LogP contribution is -2.35. The van der Waals surface area contributed by atoms with Crippen molar-refractivity contribution in [3.05, 3.63) is 71.0 Å². The van der Waals surface area contributed by atoms with Crippen molar-refractivity contribution in [1.82, 2.24) is 5.32 Å². The van der Waals surface area contributed by atoms with Crippen LogP contribution >= 0.6 is 0 Å². The van der Waals surface area contributed by atoms with Crippen LogP contribution in [0.3, 0.4) is 0 Å². The van der Waals surface area contributed by atoms with E-state index in [-0.39, 0.29) is 17.5 Å². The van der Waals surface area contributed by atoms with Crippen molar-refractivity contribution in [1.29, 1.82) is 0 Å². The zero-order valence-corrected chi connectivity index (χ0v) is 13.5. The molecule has 0 radical (unpaired) electrons. The second-order valence-corrected chi connectivity index (χ2v) is 6.93. The van der Waals surface area contributed by atoms with E-state index < -0.39 is 28.8 Å². The summed E-state index contributed by atoms with van der Waals surface area (Å²) in [5.74, 6) is -2.41. The lowest BCUT2D eigenvalue weighted by molar-refractivity contribution is 0.0943. The molecule has 1 amide bonds. The third-order valence-corrected chi connectivity index (χ3v) is 5.03. The first-order valence-corrected chi connectivity index (χ1v) is 7.75. The van der Waals surface area contributed by atoms with Crippen molar-refractivity contribution in [2.75, 3.05) is 6.54 Å². The van der Waals surface area contributed by atoms with Crippen LogP contribution in [0.2, 0.25) is 0 Å². The molecule has 3 rings (SSSR count). The normalized spacial score (nSPS) is 21.4. The summed E-state index contributed by atoms with van der Waals surface area (Å²) < 4.78 is 41.1. The highest BCUT2D eigenvalue weighted by atomic mass is 19.1. The Kier molecular flexibility index (Phi) is 3.90. The third-order valence-electron chi connectivity index (χ3n) is 5.03. The molecule has 24 heavy (non-hydrogen) atoms. The van der Waals surface area contributed by atoms with Gasteiger partial charge in [-0.05, 0) is 35.6 Å². The molecule has 0 bridgehead atoms. The maximum atomic E-state index is 14.2. The van der Waals surface area contributed by atoms with Crippen LogP contribution in [-0.4, -0.2) is 12.5 Å². The number of rotatable bonds is 4. The number of hydrogen-bond donors (Lipinski definition) is 1. The predicted molar refractivity (Wildman–Crippen MR) is 85.2 cm³/mol. The highest BCUT2D eigenvalue weighted by Gasteiger charge is 2.62. The standard InChI is InChI=1S/C19H18F3NO/c1-18(2)10-19(18,14-8-7-12(20)9-16(14)22)11-23-17(24)13-5-3-4-6-15(13)21/h3-9H,10-11H2,1-2H3,(H,23,24). The first-order chi connectivity index (χ1) is 11.3. The largest absolute Gasteiger partial charge is 0.351 e. The second-order valence-electron chi connectivity index (χ2n) is 6.93. The van der Waals surface area contributed by atoms with E-state index >= 15 is 0 Å². The molecular formula is C19H18F3NO. The van der Waals surface area contributed by atoms with Crippen LogP contribution in [0, 0.1) is 22.9 Å². The molecule has 1 fully saturated rings. The molecule has 1 atom stereocenters. The van der Waals surface area contributed by atoms with Gasteiger partial charge >= 0.3 is 0 Å². The van der Waals surface area contributed by atoms with Crippen LogP contribution < -0.4 is 5.32 Å². The first kappa shape index (κ1) is 16.6. The molecule has 1 aliphatic carbocycles. The molecule has 1 N–H and O–H groups in total. The SMILES string of the molecule is CC1(C)CC1(CNC(=O)c1ccccc1F)c1ccc(F)cc1F. The molecule has 0 aromatic heterocycles. The minimum atomic E-state index is -0.639. The van der Waals surface area contributed by atoms with Gasteiger partial charge in [0.2, 0.25) is 0 Å². The van der Waals surface area contributed by atoms with E-state index in [4.69, 9.17) is 0 Å². The van der Waals surface area contributed by atoms with Crippen LogP contribution in [0.1, 0.15) is 36.2 Å². The molecule has 0 aliphatic heterocycles. The fourth-order valence-electron chi connectivity index (χ4n) is 3.42. The van der Waals surface area contributed by atoms with E-state index in [9.17, 15) is 18.0 Å². The summed E-state index contributed by atoms with van der Waals surface area (Å²) in [7, 11) is 0. The molecule has 0 spiro atoms. The topological polar surface area (TPSA) is 29.1 Å². The van der Waals surface area contributed by atoms with Gasteiger partial charge in [0.15, 0.2) is 0 Å². The van der Waals surface area contributed by atoms with Crippen molar-refractivity contribution in [2.45, 2.75) is 25.7 Å².